The maximum atomic E-state index is 11.9. The summed E-state index contributed by atoms with van der Waals surface area (Å²) in [7, 11) is 0. The van der Waals surface area contributed by atoms with Gasteiger partial charge in [-0.05, 0) is 46.6 Å². The van der Waals surface area contributed by atoms with E-state index in [0.29, 0.717) is 22.2 Å². The molecule has 0 spiro atoms. The Morgan fingerprint density at radius 3 is 2.96 bits per heavy atom. The van der Waals surface area contributed by atoms with Gasteiger partial charge in [-0.3, -0.25) is 9.78 Å². The Morgan fingerprint density at radius 2 is 2.26 bits per heavy atom. The Bertz CT molecular complexity index is 753. The van der Waals surface area contributed by atoms with E-state index in [1.807, 2.05) is 0 Å². The van der Waals surface area contributed by atoms with E-state index in [2.05, 4.69) is 31.4 Å². The van der Waals surface area contributed by atoms with Crippen LogP contribution in [0.3, 0.4) is 0 Å². The van der Waals surface area contributed by atoms with Crippen LogP contribution in [0.2, 0.25) is 5.02 Å². The van der Waals surface area contributed by atoms with Crippen molar-refractivity contribution in [3.63, 3.8) is 0 Å². The lowest BCUT2D eigenvalue weighted by atomic mass is 10.2. The molecule has 2 rings (SSSR count). The number of nitrogens with one attached hydrogen (secondary N) is 1. The molecule has 0 atom stereocenters. The molecule has 0 aliphatic heterocycles. The van der Waals surface area contributed by atoms with Gasteiger partial charge in [-0.25, -0.2) is 5.43 Å². The Kier molecular flexibility index (Phi) is 5.95. The van der Waals surface area contributed by atoms with Crippen molar-refractivity contribution in [3.8, 4) is 11.5 Å². The third-order valence-electron chi connectivity index (χ3n) is 2.70. The number of aromatic hydroxyl groups is 1. The van der Waals surface area contributed by atoms with E-state index in [1.165, 1.54) is 18.5 Å². The number of pyridine rings is 1. The Balaban J connectivity index is 2.10. The zero-order chi connectivity index (χ0) is 16.8. The quantitative estimate of drug-likeness (QED) is 0.597. The summed E-state index contributed by atoms with van der Waals surface area (Å²) in [6, 6.07) is 4.71. The van der Waals surface area contributed by atoms with Crippen molar-refractivity contribution in [1.82, 2.24) is 10.4 Å². The number of phenolic OH excluding ortho intramolecular Hbond substituents is 1. The van der Waals surface area contributed by atoms with Crippen LogP contribution in [-0.4, -0.2) is 28.8 Å². The molecule has 120 valence electrons. The number of carbonyl (C=O) groups excluding carboxylic acids is 1. The molecular weight excluding hydrogens is 386 g/mol. The van der Waals surface area contributed by atoms with Crippen LogP contribution in [-0.2, 0) is 0 Å². The fourth-order valence-electron chi connectivity index (χ4n) is 1.70. The molecule has 1 amide bonds. The number of hydrogen-bond donors (Lipinski definition) is 2. The van der Waals surface area contributed by atoms with Gasteiger partial charge >= 0.3 is 0 Å². The number of nitrogens with zero attached hydrogens (tertiary/aromatic N) is 2. The van der Waals surface area contributed by atoms with Crippen LogP contribution in [0.15, 0.2) is 40.2 Å². The summed E-state index contributed by atoms with van der Waals surface area (Å²) in [5, 5.41) is 13.8. The molecule has 2 N–H and O–H groups in total. The van der Waals surface area contributed by atoms with E-state index in [0.717, 1.165) is 0 Å². The van der Waals surface area contributed by atoms with Crippen LogP contribution in [0.4, 0.5) is 0 Å². The van der Waals surface area contributed by atoms with Gasteiger partial charge < -0.3 is 9.84 Å². The third kappa shape index (κ3) is 4.67. The highest BCUT2D eigenvalue weighted by Gasteiger charge is 2.09. The molecule has 0 fully saturated rings. The van der Waals surface area contributed by atoms with Gasteiger partial charge in [0.15, 0.2) is 11.5 Å². The van der Waals surface area contributed by atoms with Crippen molar-refractivity contribution in [2.75, 3.05) is 6.61 Å². The van der Waals surface area contributed by atoms with Gasteiger partial charge in [0, 0.05) is 16.9 Å². The highest BCUT2D eigenvalue weighted by molar-refractivity contribution is 9.10. The summed E-state index contributed by atoms with van der Waals surface area (Å²) < 4.78 is 5.97. The molecule has 0 aliphatic rings. The number of halogens is 2. The summed E-state index contributed by atoms with van der Waals surface area (Å²) in [6.07, 6.45) is 4.41. The number of aromatic nitrogens is 1. The van der Waals surface area contributed by atoms with Crippen molar-refractivity contribution in [1.29, 1.82) is 0 Å². The van der Waals surface area contributed by atoms with Gasteiger partial charge in [0.1, 0.15) is 0 Å². The van der Waals surface area contributed by atoms with E-state index < -0.39 is 5.91 Å². The van der Waals surface area contributed by atoms with Crippen molar-refractivity contribution in [3.05, 3.63) is 51.2 Å². The third-order valence-corrected chi connectivity index (χ3v) is 3.42. The van der Waals surface area contributed by atoms with Crippen LogP contribution in [0.25, 0.3) is 0 Å². The van der Waals surface area contributed by atoms with Gasteiger partial charge in [0.05, 0.1) is 23.4 Å². The Labute approximate surface area is 146 Å². The van der Waals surface area contributed by atoms with Crippen molar-refractivity contribution in [2.24, 2.45) is 5.10 Å². The minimum atomic E-state index is -0.398. The SMILES string of the molecule is CCOc1cc(C=NNC(=O)c2cncc(Br)c2)cc(Cl)c1O. The number of hydrogen-bond acceptors (Lipinski definition) is 5. The molecule has 1 aromatic heterocycles. The minimum absolute atomic E-state index is 0.130. The zero-order valence-electron chi connectivity index (χ0n) is 12.1. The standard InChI is InChI=1S/C15H13BrClN3O3/c1-2-23-13-4-9(3-12(17)14(13)21)6-19-20-15(22)10-5-11(16)8-18-7-10/h3-8,21H,2H2,1H3,(H,20,22). The van der Waals surface area contributed by atoms with Crippen LogP contribution >= 0.6 is 27.5 Å². The van der Waals surface area contributed by atoms with E-state index >= 15 is 0 Å². The molecule has 8 heteroatoms. The lowest BCUT2D eigenvalue weighted by molar-refractivity contribution is 0.0954. The second-order valence-electron chi connectivity index (χ2n) is 4.37. The molecule has 1 aromatic carbocycles. The highest BCUT2D eigenvalue weighted by Crippen LogP contribution is 2.34. The molecule has 2 aromatic rings. The van der Waals surface area contributed by atoms with Gasteiger partial charge in [0.25, 0.3) is 5.91 Å². The lowest BCUT2D eigenvalue weighted by Crippen LogP contribution is -2.17. The zero-order valence-corrected chi connectivity index (χ0v) is 14.4. The predicted octanol–water partition coefficient (Wildman–Crippen LogP) is 3.37. The fraction of sp³-hybridized carbons (Fsp3) is 0.133. The molecule has 0 aliphatic carbocycles. The number of benzene rings is 1. The second kappa shape index (κ2) is 7.94. The van der Waals surface area contributed by atoms with Crippen molar-refractivity contribution >= 4 is 39.7 Å². The molecular formula is C15H13BrClN3O3. The summed E-state index contributed by atoms with van der Waals surface area (Å²) in [6.45, 7) is 2.18. The molecule has 0 radical (unpaired) electrons. The smallest absolute Gasteiger partial charge is 0.272 e. The second-order valence-corrected chi connectivity index (χ2v) is 5.70. The minimum Gasteiger partial charge on any atom is -0.503 e. The molecule has 0 saturated heterocycles. The first-order chi connectivity index (χ1) is 11.0. The summed E-state index contributed by atoms with van der Waals surface area (Å²) in [4.78, 5) is 15.8. The average molecular weight is 399 g/mol. The maximum Gasteiger partial charge on any atom is 0.272 e. The first kappa shape index (κ1) is 17.2. The van der Waals surface area contributed by atoms with Gasteiger partial charge in [-0.15, -0.1) is 0 Å². The van der Waals surface area contributed by atoms with Crippen LogP contribution in [0, 0.1) is 0 Å². The highest BCUT2D eigenvalue weighted by atomic mass is 79.9. The number of carbonyl (C=O) groups is 1. The maximum absolute atomic E-state index is 11.9. The van der Waals surface area contributed by atoms with Crippen molar-refractivity contribution in [2.45, 2.75) is 6.92 Å². The van der Waals surface area contributed by atoms with E-state index in [-0.39, 0.29) is 16.5 Å². The Morgan fingerprint density at radius 1 is 1.48 bits per heavy atom. The normalized spacial score (nSPS) is 10.7. The van der Waals surface area contributed by atoms with Gasteiger partial charge in [-0.2, -0.15) is 5.10 Å². The molecule has 1 heterocycles. The molecule has 0 bridgehead atoms. The first-order valence-electron chi connectivity index (χ1n) is 6.60. The van der Waals surface area contributed by atoms with Gasteiger partial charge in [-0.1, -0.05) is 11.6 Å². The van der Waals surface area contributed by atoms with Gasteiger partial charge in [0.2, 0.25) is 0 Å². The van der Waals surface area contributed by atoms with Crippen molar-refractivity contribution < 1.29 is 14.6 Å². The fourth-order valence-corrected chi connectivity index (χ4v) is 2.28. The lowest BCUT2D eigenvalue weighted by Gasteiger charge is -2.08. The summed E-state index contributed by atoms with van der Waals surface area (Å²) in [5.74, 6) is -0.274. The molecule has 23 heavy (non-hydrogen) atoms. The summed E-state index contributed by atoms with van der Waals surface area (Å²) >= 11 is 9.16. The number of phenols is 1. The number of rotatable bonds is 5. The average Bonchev–Trinajstić information content (AvgIpc) is 2.52. The number of hydrazone groups is 1. The molecule has 6 nitrogen and oxygen atoms in total. The monoisotopic (exact) mass is 397 g/mol. The largest absolute Gasteiger partial charge is 0.503 e. The molecule has 0 unspecified atom stereocenters. The number of ether oxygens (including phenoxy) is 1. The topological polar surface area (TPSA) is 83.8 Å². The predicted molar refractivity (Wildman–Crippen MR) is 91.3 cm³/mol. The Hall–Kier alpha value is -2.12. The first-order valence-corrected chi connectivity index (χ1v) is 7.77. The van der Waals surface area contributed by atoms with Crippen LogP contribution in [0.1, 0.15) is 22.8 Å². The van der Waals surface area contributed by atoms with Crippen LogP contribution in [0.5, 0.6) is 11.5 Å². The van der Waals surface area contributed by atoms with E-state index in [4.69, 9.17) is 16.3 Å². The van der Waals surface area contributed by atoms with E-state index in [1.54, 1.807) is 25.3 Å². The molecule has 0 saturated carbocycles. The summed E-state index contributed by atoms with van der Waals surface area (Å²) in [5.41, 5.74) is 3.33. The van der Waals surface area contributed by atoms with E-state index in [9.17, 15) is 9.90 Å². The van der Waals surface area contributed by atoms with Crippen LogP contribution < -0.4 is 10.2 Å². The number of amides is 1.